The molecule has 0 heterocycles. The second-order valence-electron chi connectivity index (χ2n) is 5.49. The highest BCUT2D eigenvalue weighted by Crippen LogP contribution is 2.37. The lowest BCUT2D eigenvalue weighted by Crippen LogP contribution is -2.30. The molecule has 0 spiro atoms. The fourth-order valence-corrected chi connectivity index (χ4v) is 2.14. The van der Waals surface area contributed by atoms with Crippen LogP contribution in [-0.4, -0.2) is 6.04 Å². The summed E-state index contributed by atoms with van der Waals surface area (Å²) in [6.45, 7) is 8.88. The zero-order valence-corrected chi connectivity index (χ0v) is 10.8. The van der Waals surface area contributed by atoms with Crippen LogP contribution in [0, 0.1) is 16.7 Å². The van der Waals surface area contributed by atoms with Gasteiger partial charge in [0.1, 0.15) is 0 Å². The Labute approximate surface area is 99.0 Å². The number of nitrogens with zero attached hydrogens (tertiary/aromatic N) is 1. The van der Waals surface area contributed by atoms with Crippen molar-refractivity contribution in [2.24, 2.45) is 5.41 Å². The summed E-state index contributed by atoms with van der Waals surface area (Å²) in [6, 6.07) is 2.63. The van der Waals surface area contributed by atoms with Gasteiger partial charge in [0.05, 0.1) is 6.07 Å². The smallest absolute Gasteiger partial charge is 0.0914 e. The van der Waals surface area contributed by atoms with E-state index in [-0.39, 0.29) is 5.41 Å². The zero-order valence-electron chi connectivity index (χ0n) is 10.8. The molecule has 0 fully saturated rings. The molecule has 0 bridgehead atoms. The van der Waals surface area contributed by atoms with E-state index in [9.17, 15) is 0 Å². The topological polar surface area (TPSA) is 35.8 Å². The Morgan fingerprint density at radius 3 is 2.81 bits per heavy atom. The molecule has 1 aliphatic rings. The van der Waals surface area contributed by atoms with Crippen LogP contribution in [0.4, 0.5) is 0 Å². The summed E-state index contributed by atoms with van der Waals surface area (Å²) < 4.78 is 0. The minimum atomic E-state index is 0.257. The third-order valence-corrected chi connectivity index (χ3v) is 3.01. The summed E-state index contributed by atoms with van der Waals surface area (Å²) in [6.07, 6.45) is 6.99. The minimum absolute atomic E-state index is 0.257. The summed E-state index contributed by atoms with van der Waals surface area (Å²) in [7, 11) is 0. The van der Waals surface area contributed by atoms with Gasteiger partial charge in [0, 0.05) is 17.8 Å². The summed E-state index contributed by atoms with van der Waals surface area (Å²) in [5, 5.41) is 12.3. The van der Waals surface area contributed by atoms with Gasteiger partial charge in [-0.1, -0.05) is 20.8 Å². The van der Waals surface area contributed by atoms with Crippen LogP contribution in [0.2, 0.25) is 0 Å². The van der Waals surface area contributed by atoms with Gasteiger partial charge in [0.2, 0.25) is 0 Å². The first-order valence-corrected chi connectivity index (χ1v) is 6.02. The van der Waals surface area contributed by atoms with Crippen LogP contribution in [0.1, 0.15) is 47.0 Å². The maximum absolute atomic E-state index is 8.73. The van der Waals surface area contributed by atoms with Gasteiger partial charge in [-0.25, -0.2) is 0 Å². The Morgan fingerprint density at radius 2 is 2.25 bits per heavy atom. The van der Waals surface area contributed by atoms with Crippen LogP contribution in [0.15, 0.2) is 23.4 Å². The predicted molar refractivity (Wildman–Crippen MR) is 67.7 cm³/mol. The van der Waals surface area contributed by atoms with Gasteiger partial charge in [0.25, 0.3) is 0 Å². The van der Waals surface area contributed by atoms with Crippen LogP contribution in [0.5, 0.6) is 0 Å². The fourth-order valence-electron chi connectivity index (χ4n) is 2.14. The molecule has 1 atom stereocenters. The van der Waals surface area contributed by atoms with Crippen LogP contribution in [-0.2, 0) is 0 Å². The molecule has 0 aromatic heterocycles. The molecule has 2 nitrogen and oxygen atoms in total. The molecule has 1 rings (SSSR count). The molecule has 0 aromatic carbocycles. The van der Waals surface area contributed by atoms with Gasteiger partial charge in [0.15, 0.2) is 0 Å². The van der Waals surface area contributed by atoms with Gasteiger partial charge in [-0.05, 0) is 43.3 Å². The molecular weight excluding hydrogens is 196 g/mol. The molecule has 1 unspecified atom stereocenters. The first kappa shape index (κ1) is 12.8. The van der Waals surface area contributed by atoms with E-state index in [1.165, 1.54) is 5.70 Å². The summed E-state index contributed by atoms with van der Waals surface area (Å²) in [4.78, 5) is 0. The Bertz CT molecular complexity index is 342. The fraction of sp³-hybridized carbons (Fsp3) is 0.643. The van der Waals surface area contributed by atoms with Gasteiger partial charge < -0.3 is 5.32 Å². The number of rotatable bonds is 3. The van der Waals surface area contributed by atoms with Crippen molar-refractivity contribution in [1.29, 1.82) is 5.26 Å². The average Bonchev–Trinajstić information content (AvgIpc) is 2.15. The van der Waals surface area contributed by atoms with Crippen molar-refractivity contribution >= 4 is 0 Å². The Hall–Kier alpha value is -1.23. The summed E-state index contributed by atoms with van der Waals surface area (Å²) in [5.74, 6) is 0. The Morgan fingerprint density at radius 1 is 1.56 bits per heavy atom. The third-order valence-electron chi connectivity index (χ3n) is 3.01. The maximum atomic E-state index is 8.73. The summed E-state index contributed by atoms with van der Waals surface area (Å²) in [5.41, 5.74) is 2.67. The highest BCUT2D eigenvalue weighted by molar-refractivity contribution is 5.32. The quantitative estimate of drug-likeness (QED) is 0.736. The van der Waals surface area contributed by atoms with Crippen molar-refractivity contribution in [1.82, 2.24) is 5.32 Å². The molecule has 0 aliphatic heterocycles. The lowest BCUT2D eigenvalue weighted by Gasteiger charge is -2.32. The molecule has 0 aromatic rings. The molecule has 2 heteroatoms. The largest absolute Gasteiger partial charge is 0.386 e. The number of hydrogen-bond donors (Lipinski definition) is 1. The number of allylic oxidation sites excluding steroid dienone is 4. The lowest BCUT2D eigenvalue weighted by atomic mass is 9.77. The van der Waals surface area contributed by atoms with E-state index < -0.39 is 0 Å². The second-order valence-corrected chi connectivity index (χ2v) is 5.49. The minimum Gasteiger partial charge on any atom is -0.386 e. The number of nitriles is 1. The van der Waals surface area contributed by atoms with Crippen LogP contribution < -0.4 is 5.32 Å². The van der Waals surface area contributed by atoms with Gasteiger partial charge >= 0.3 is 0 Å². The molecule has 88 valence electrons. The van der Waals surface area contributed by atoms with E-state index in [2.05, 4.69) is 45.2 Å². The lowest BCUT2D eigenvalue weighted by molar-refractivity contribution is 0.336. The monoisotopic (exact) mass is 218 g/mol. The van der Waals surface area contributed by atoms with E-state index in [4.69, 9.17) is 5.26 Å². The van der Waals surface area contributed by atoms with Crippen molar-refractivity contribution in [2.45, 2.75) is 53.0 Å². The number of nitrogens with one attached hydrogen (secondary N) is 1. The normalized spacial score (nSPS) is 23.4. The van der Waals surface area contributed by atoms with Crippen LogP contribution in [0.25, 0.3) is 0 Å². The maximum Gasteiger partial charge on any atom is 0.0914 e. The standard InChI is InChI=1S/C14H22N2/c1-5-11(2)16-13-8-12(6-7-15)9-14(3,4)10-13/h6,8,11,16H,5,9-10H2,1-4H3/b12-6-. The van der Waals surface area contributed by atoms with Gasteiger partial charge in [-0.3, -0.25) is 0 Å². The van der Waals surface area contributed by atoms with E-state index >= 15 is 0 Å². The molecule has 0 amide bonds. The molecule has 0 saturated heterocycles. The van der Waals surface area contributed by atoms with Crippen LogP contribution >= 0.6 is 0 Å². The molecular formula is C14H22N2. The molecule has 0 radical (unpaired) electrons. The second kappa shape index (κ2) is 5.21. The van der Waals surface area contributed by atoms with Crippen LogP contribution in [0.3, 0.4) is 0 Å². The van der Waals surface area contributed by atoms with E-state index in [1.54, 1.807) is 6.08 Å². The van der Waals surface area contributed by atoms with Crippen molar-refractivity contribution in [3.63, 3.8) is 0 Å². The first-order chi connectivity index (χ1) is 7.46. The van der Waals surface area contributed by atoms with E-state index in [1.807, 2.05) is 0 Å². The van der Waals surface area contributed by atoms with Crippen molar-refractivity contribution < 1.29 is 0 Å². The molecule has 1 aliphatic carbocycles. The molecule has 0 saturated carbocycles. The highest BCUT2D eigenvalue weighted by atomic mass is 14.9. The molecule has 16 heavy (non-hydrogen) atoms. The predicted octanol–water partition coefficient (Wildman–Crippen LogP) is 3.53. The SMILES string of the molecule is CCC(C)NC1=C/C(=C/C#N)CC(C)(C)C1. The Kier molecular flexibility index (Phi) is 4.18. The highest BCUT2D eigenvalue weighted by Gasteiger charge is 2.25. The van der Waals surface area contributed by atoms with Crippen molar-refractivity contribution in [2.75, 3.05) is 0 Å². The van der Waals surface area contributed by atoms with Crippen molar-refractivity contribution in [3.05, 3.63) is 23.4 Å². The third kappa shape index (κ3) is 3.73. The molecule has 1 N–H and O–H groups in total. The summed E-state index contributed by atoms with van der Waals surface area (Å²) >= 11 is 0. The Balaban J connectivity index is 2.83. The number of hydrogen-bond acceptors (Lipinski definition) is 2. The van der Waals surface area contributed by atoms with Gasteiger partial charge in [-0.15, -0.1) is 0 Å². The zero-order chi connectivity index (χ0) is 12.2. The van der Waals surface area contributed by atoms with Crippen molar-refractivity contribution in [3.8, 4) is 6.07 Å². The first-order valence-electron chi connectivity index (χ1n) is 6.02. The van der Waals surface area contributed by atoms with Gasteiger partial charge in [-0.2, -0.15) is 5.26 Å². The van der Waals surface area contributed by atoms with E-state index in [0.29, 0.717) is 6.04 Å². The van der Waals surface area contributed by atoms with E-state index in [0.717, 1.165) is 24.8 Å². The average molecular weight is 218 g/mol.